The van der Waals surface area contributed by atoms with E-state index in [2.05, 4.69) is 0 Å². The number of hydrogen-bond acceptors (Lipinski definition) is 3. The normalized spacial score (nSPS) is 12.5. The summed E-state index contributed by atoms with van der Waals surface area (Å²) in [5.74, 6) is -0.473. The molecule has 0 unspecified atom stereocenters. The Kier molecular flexibility index (Phi) is 7.69. The number of carbonyl (C=O) groups excluding carboxylic acids is 1. The fourth-order valence-electron chi connectivity index (χ4n) is 3.78. The number of rotatable bonds is 6. The zero-order valence-corrected chi connectivity index (χ0v) is 20.5. The van der Waals surface area contributed by atoms with Crippen molar-refractivity contribution < 1.29 is 41.0 Å². The highest BCUT2D eigenvalue weighted by Crippen LogP contribution is 2.45. The fourth-order valence-corrected chi connectivity index (χ4v) is 3.78. The SMILES string of the molecule is Cc1c(-c2ccc(C(F)(F)F)cc2)c(OC(=O)N(C)C(C)(C)CO)n(Cc2ccccc2)c1C(F)(F)F. The molecule has 2 aromatic carbocycles. The van der Waals surface area contributed by atoms with Gasteiger partial charge in [0.05, 0.1) is 24.3 Å². The first-order valence-electron chi connectivity index (χ1n) is 11.2. The lowest BCUT2D eigenvalue weighted by Crippen LogP contribution is -2.49. The van der Waals surface area contributed by atoms with Crippen LogP contribution in [0.2, 0.25) is 0 Å². The third-order valence-corrected chi connectivity index (χ3v) is 6.16. The van der Waals surface area contributed by atoms with Gasteiger partial charge in [0, 0.05) is 12.6 Å². The number of nitrogens with zero attached hydrogens (tertiary/aromatic N) is 2. The van der Waals surface area contributed by atoms with Crippen LogP contribution in [0.3, 0.4) is 0 Å². The Morgan fingerprint density at radius 2 is 1.51 bits per heavy atom. The summed E-state index contributed by atoms with van der Waals surface area (Å²) in [5.41, 5.74) is -3.17. The maximum absolute atomic E-state index is 14.3. The number of carbonyl (C=O) groups is 1. The highest BCUT2D eigenvalue weighted by Gasteiger charge is 2.42. The molecule has 0 aliphatic heterocycles. The van der Waals surface area contributed by atoms with Gasteiger partial charge >= 0.3 is 18.4 Å². The van der Waals surface area contributed by atoms with Crippen LogP contribution in [-0.4, -0.2) is 39.9 Å². The minimum absolute atomic E-state index is 0.00897. The third-order valence-electron chi connectivity index (χ3n) is 6.16. The Hall–Kier alpha value is -3.47. The van der Waals surface area contributed by atoms with Gasteiger partial charge in [-0.3, -0.25) is 0 Å². The van der Waals surface area contributed by atoms with Crippen molar-refractivity contribution in [3.05, 3.63) is 77.0 Å². The molecular weight excluding hydrogens is 502 g/mol. The predicted molar refractivity (Wildman–Crippen MR) is 125 cm³/mol. The van der Waals surface area contributed by atoms with Crippen LogP contribution in [0.5, 0.6) is 5.88 Å². The van der Waals surface area contributed by atoms with E-state index in [0.29, 0.717) is 5.56 Å². The van der Waals surface area contributed by atoms with Crippen LogP contribution in [-0.2, 0) is 18.9 Å². The highest BCUT2D eigenvalue weighted by molar-refractivity contribution is 5.80. The monoisotopic (exact) mass is 528 g/mol. The first-order valence-corrected chi connectivity index (χ1v) is 11.2. The Bertz CT molecular complexity index is 1250. The lowest BCUT2D eigenvalue weighted by Gasteiger charge is -2.33. The topological polar surface area (TPSA) is 54.7 Å². The van der Waals surface area contributed by atoms with Gasteiger partial charge in [0.2, 0.25) is 5.88 Å². The van der Waals surface area contributed by atoms with Gasteiger partial charge in [-0.25, -0.2) is 4.79 Å². The fraction of sp³-hybridized carbons (Fsp3) is 0.346. The molecule has 1 amide bonds. The number of aromatic nitrogens is 1. The average Bonchev–Trinajstić information content (AvgIpc) is 3.09. The van der Waals surface area contributed by atoms with E-state index in [0.717, 1.165) is 33.7 Å². The minimum Gasteiger partial charge on any atom is -0.394 e. The van der Waals surface area contributed by atoms with E-state index in [4.69, 9.17) is 4.74 Å². The van der Waals surface area contributed by atoms with Crippen molar-refractivity contribution in [3.63, 3.8) is 0 Å². The van der Waals surface area contributed by atoms with E-state index in [1.165, 1.54) is 27.8 Å². The van der Waals surface area contributed by atoms with Crippen LogP contribution in [0, 0.1) is 6.92 Å². The van der Waals surface area contributed by atoms with Crippen molar-refractivity contribution in [1.29, 1.82) is 0 Å². The van der Waals surface area contributed by atoms with E-state index in [-0.39, 0.29) is 23.2 Å². The van der Waals surface area contributed by atoms with Crippen molar-refractivity contribution in [3.8, 4) is 17.0 Å². The summed E-state index contributed by atoms with van der Waals surface area (Å²) in [6.07, 6.45) is -10.6. The molecule has 0 bridgehead atoms. The Labute approximate surface area is 209 Å². The zero-order chi connectivity index (χ0) is 27.8. The molecule has 0 atom stereocenters. The van der Waals surface area contributed by atoms with Crippen LogP contribution in [0.1, 0.15) is 36.2 Å². The van der Waals surface area contributed by atoms with Crippen molar-refractivity contribution >= 4 is 6.09 Å². The number of alkyl halides is 6. The molecule has 0 aliphatic carbocycles. The van der Waals surface area contributed by atoms with Crippen molar-refractivity contribution in [1.82, 2.24) is 9.47 Å². The molecule has 0 saturated carbocycles. The molecule has 3 aromatic rings. The number of likely N-dealkylation sites (N-methyl/N-ethyl adjacent to an activating group) is 1. The number of halogens is 6. The lowest BCUT2D eigenvalue weighted by atomic mass is 10.0. The summed E-state index contributed by atoms with van der Waals surface area (Å²) < 4.78 is 88.6. The summed E-state index contributed by atoms with van der Waals surface area (Å²) in [6, 6.07) is 11.7. The molecule has 5 nitrogen and oxygen atoms in total. The summed E-state index contributed by atoms with van der Waals surface area (Å²) in [7, 11) is 1.32. The van der Waals surface area contributed by atoms with Crippen LogP contribution >= 0.6 is 0 Å². The molecule has 0 fully saturated rings. The van der Waals surface area contributed by atoms with Gasteiger partial charge in [-0.05, 0) is 49.6 Å². The minimum atomic E-state index is -4.87. The van der Waals surface area contributed by atoms with Crippen molar-refractivity contribution in [2.75, 3.05) is 13.7 Å². The van der Waals surface area contributed by atoms with Crippen molar-refractivity contribution in [2.45, 2.75) is 45.2 Å². The molecule has 0 radical (unpaired) electrons. The number of amides is 1. The molecule has 1 heterocycles. The first kappa shape index (κ1) is 28.1. The van der Waals surface area contributed by atoms with Gasteiger partial charge < -0.3 is 19.3 Å². The van der Waals surface area contributed by atoms with Crippen LogP contribution in [0.25, 0.3) is 11.1 Å². The second-order valence-corrected chi connectivity index (χ2v) is 9.20. The molecule has 3 rings (SSSR count). The maximum Gasteiger partial charge on any atom is 0.431 e. The van der Waals surface area contributed by atoms with Gasteiger partial charge in [0.15, 0.2) is 0 Å². The first-order chi connectivity index (χ1) is 17.1. The smallest absolute Gasteiger partial charge is 0.394 e. The van der Waals surface area contributed by atoms with Gasteiger partial charge in [-0.15, -0.1) is 0 Å². The quantitative estimate of drug-likeness (QED) is 0.360. The van der Waals surface area contributed by atoms with E-state index in [1.54, 1.807) is 30.3 Å². The molecule has 200 valence electrons. The number of ether oxygens (including phenoxy) is 1. The van der Waals surface area contributed by atoms with E-state index < -0.39 is 47.7 Å². The van der Waals surface area contributed by atoms with Gasteiger partial charge in [-0.2, -0.15) is 26.3 Å². The number of hydrogen-bond donors (Lipinski definition) is 1. The van der Waals surface area contributed by atoms with E-state index >= 15 is 0 Å². The molecule has 1 N–H and O–H groups in total. The molecular formula is C26H26F6N2O3. The zero-order valence-electron chi connectivity index (χ0n) is 20.5. The van der Waals surface area contributed by atoms with Crippen LogP contribution in [0.15, 0.2) is 54.6 Å². The number of benzene rings is 2. The molecule has 37 heavy (non-hydrogen) atoms. The number of aliphatic hydroxyl groups excluding tert-OH is 1. The second kappa shape index (κ2) is 10.1. The van der Waals surface area contributed by atoms with Crippen molar-refractivity contribution in [2.24, 2.45) is 0 Å². The Morgan fingerprint density at radius 1 is 0.946 bits per heavy atom. The van der Waals surface area contributed by atoms with Gasteiger partial charge in [-0.1, -0.05) is 42.5 Å². The van der Waals surface area contributed by atoms with E-state index in [1.807, 2.05) is 0 Å². The van der Waals surface area contributed by atoms with E-state index in [9.17, 15) is 36.2 Å². The summed E-state index contributed by atoms with van der Waals surface area (Å²) in [6.45, 7) is 3.45. The average molecular weight is 528 g/mol. The third kappa shape index (κ3) is 5.93. The molecule has 0 saturated heterocycles. The summed E-state index contributed by atoms with van der Waals surface area (Å²) >= 11 is 0. The van der Waals surface area contributed by atoms with Gasteiger partial charge in [0.25, 0.3) is 0 Å². The Balaban J connectivity index is 2.27. The molecule has 0 spiro atoms. The lowest BCUT2D eigenvalue weighted by molar-refractivity contribution is -0.144. The molecule has 11 heteroatoms. The summed E-state index contributed by atoms with van der Waals surface area (Å²) in [5, 5.41) is 9.61. The van der Waals surface area contributed by atoms with Crippen LogP contribution in [0.4, 0.5) is 31.1 Å². The summed E-state index contributed by atoms with van der Waals surface area (Å²) in [4.78, 5) is 14.0. The van der Waals surface area contributed by atoms with Gasteiger partial charge in [0.1, 0.15) is 5.69 Å². The number of aliphatic hydroxyl groups is 1. The largest absolute Gasteiger partial charge is 0.431 e. The standard InChI is InChI=1S/C26H26F6N2O3/c1-16-20(18-10-12-19(13-11-18)25(27,28)29)22(37-23(36)33(4)24(2,3)15-35)34(21(16)26(30,31)32)14-17-8-6-5-7-9-17/h5-13,35H,14-15H2,1-4H3. The molecule has 0 aliphatic rings. The second-order valence-electron chi connectivity index (χ2n) is 9.20. The maximum atomic E-state index is 14.3. The molecule has 1 aromatic heterocycles. The van der Waals surface area contributed by atoms with Crippen LogP contribution < -0.4 is 4.74 Å². The Morgan fingerprint density at radius 3 is 2.00 bits per heavy atom. The highest BCUT2D eigenvalue weighted by atomic mass is 19.4. The predicted octanol–water partition coefficient (Wildman–Crippen LogP) is 6.75.